The van der Waals surface area contributed by atoms with Crippen LogP contribution in [0.3, 0.4) is 0 Å². The number of amidine groups is 1. The summed E-state index contributed by atoms with van der Waals surface area (Å²) in [6.45, 7) is 6.19. The molecule has 0 spiro atoms. The second-order valence-corrected chi connectivity index (χ2v) is 7.55. The Labute approximate surface area is 189 Å². The number of allylic oxidation sites excluding steroid dienone is 1. The van der Waals surface area contributed by atoms with Crippen LogP contribution >= 0.6 is 0 Å². The van der Waals surface area contributed by atoms with Gasteiger partial charge in [-0.3, -0.25) is 4.98 Å². The lowest BCUT2D eigenvalue weighted by Gasteiger charge is -2.12. The molecule has 166 valence electrons. The summed E-state index contributed by atoms with van der Waals surface area (Å²) >= 11 is 0. The summed E-state index contributed by atoms with van der Waals surface area (Å²) in [5.41, 5.74) is 8.02. The summed E-state index contributed by atoms with van der Waals surface area (Å²) in [7, 11) is 1.86. The minimum Gasteiger partial charge on any atom is -0.323 e. The van der Waals surface area contributed by atoms with E-state index in [4.69, 9.17) is 5.73 Å². The van der Waals surface area contributed by atoms with Gasteiger partial charge < -0.3 is 11.1 Å². The lowest BCUT2D eigenvalue weighted by atomic mass is 9.99. The number of hydrogen-bond acceptors (Lipinski definition) is 4. The van der Waals surface area contributed by atoms with Crippen LogP contribution in [0.1, 0.15) is 25.3 Å². The highest BCUT2D eigenvalue weighted by molar-refractivity contribution is 5.96. The third kappa shape index (κ3) is 5.52. The van der Waals surface area contributed by atoms with Gasteiger partial charge in [-0.25, -0.2) is 14.4 Å². The largest absolute Gasteiger partial charge is 0.323 e. The predicted molar refractivity (Wildman–Crippen MR) is 133 cm³/mol. The van der Waals surface area contributed by atoms with Gasteiger partial charge in [-0.15, -0.1) is 0 Å². The Morgan fingerprint density at radius 3 is 2.78 bits per heavy atom. The molecule has 32 heavy (non-hydrogen) atoms. The van der Waals surface area contributed by atoms with Crippen LogP contribution in [0.25, 0.3) is 22.0 Å². The van der Waals surface area contributed by atoms with E-state index < -0.39 is 5.82 Å². The Morgan fingerprint density at radius 2 is 2.03 bits per heavy atom. The molecular formula is C26H30FN5. The zero-order chi connectivity index (χ0) is 22.9. The highest BCUT2D eigenvalue weighted by Crippen LogP contribution is 2.35. The second-order valence-electron chi connectivity index (χ2n) is 7.55. The number of aryl methyl sites for hydroxylation is 1. The van der Waals surface area contributed by atoms with E-state index in [9.17, 15) is 0 Å². The first-order valence-corrected chi connectivity index (χ1v) is 10.9. The van der Waals surface area contributed by atoms with E-state index in [1.54, 1.807) is 6.20 Å². The van der Waals surface area contributed by atoms with Crippen LogP contribution in [0.5, 0.6) is 0 Å². The smallest absolute Gasteiger partial charge is 0.175 e. The molecule has 0 fully saturated rings. The Kier molecular flexibility index (Phi) is 8.36. The number of aromatic nitrogens is 1. The van der Waals surface area contributed by atoms with E-state index in [1.165, 1.54) is 0 Å². The Balaban J connectivity index is 2.03. The van der Waals surface area contributed by atoms with Crippen LogP contribution in [0.4, 0.5) is 10.1 Å². The minimum atomic E-state index is -0.440. The number of nitrogens with one attached hydrogen (secondary N) is 1. The molecular weight excluding hydrogens is 401 g/mol. The number of rotatable bonds is 9. The normalized spacial score (nSPS) is 13.1. The zero-order valence-electron chi connectivity index (χ0n) is 18.7. The van der Waals surface area contributed by atoms with Crippen molar-refractivity contribution in [3.63, 3.8) is 0 Å². The van der Waals surface area contributed by atoms with Crippen molar-refractivity contribution < 1.29 is 4.39 Å². The molecule has 3 aromatic rings. The molecule has 0 aliphatic carbocycles. The van der Waals surface area contributed by atoms with Gasteiger partial charge in [0.25, 0.3) is 0 Å². The van der Waals surface area contributed by atoms with Crippen LogP contribution in [-0.2, 0) is 6.42 Å². The van der Waals surface area contributed by atoms with Crippen molar-refractivity contribution >= 4 is 29.0 Å². The number of nitrogens with two attached hydrogens (primary N) is 1. The zero-order valence-corrected chi connectivity index (χ0v) is 18.7. The van der Waals surface area contributed by atoms with Crippen LogP contribution in [0.2, 0.25) is 0 Å². The van der Waals surface area contributed by atoms with Gasteiger partial charge in [0.1, 0.15) is 17.2 Å². The standard InChI is InChI=1S/C26H30FN5/c1-4-23(30-3)32-25-19(11-5-7-13-20(28)17-29-2)16-31-26(24(25)27)22-15-9-12-18-10-6-8-14-21(18)22/h6-10,12-16,20,29H,3-5,11,17,28H2,1-2H3/b13-7?,32-23-. The van der Waals surface area contributed by atoms with Crippen molar-refractivity contribution in [1.29, 1.82) is 0 Å². The SMILES string of the molecule is C=N/C(CC)=N\c1c(CCC=CC(N)CNC)cnc(-c2cccc3ccccc23)c1F. The maximum atomic E-state index is 15.8. The fourth-order valence-electron chi connectivity index (χ4n) is 3.61. The molecule has 0 saturated heterocycles. The molecule has 3 rings (SSSR count). The van der Waals surface area contributed by atoms with E-state index in [-0.39, 0.29) is 17.4 Å². The van der Waals surface area contributed by atoms with Crippen molar-refractivity contribution in [3.8, 4) is 11.3 Å². The van der Waals surface area contributed by atoms with Gasteiger partial charge >= 0.3 is 0 Å². The van der Waals surface area contributed by atoms with Crippen molar-refractivity contribution in [2.24, 2.45) is 15.7 Å². The molecule has 6 heteroatoms. The molecule has 1 unspecified atom stereocenters. The van der Waals surface area contributed by atoms with Crippen molar-refractivity contribution in [1.82, 2.24) is 10.3 Å². The average Bonchev–Trinajstić information content (AvgIpc) is 2.81. The van der Waals surface area contributed by atoms with Gasteiger partial charge in [0.15, 0.2) is 5.82 Å². The molecule has 1 atom stereocenters. The maximum absolute atomic E-state index is 15.8. The molecule has 1 aromatic heterocycles. The van der Waals surface area contributed by atoms with Gasteiger partial charge in [0.05, 0.1) is 0 Å². The van der Waals surface area contributed by atoms with Gasteiger partial charge in [-0.2, -0.15) is 0 Å². The quantitative estimate of drug-likeness (QED) is 0.277. The van der Waals surface area contributed by atoms with Crippen molar-refractivity contribution in [2.75, 3.05) is 13.6 Å². The van der Waals surface area contributed by atoms with Gasteiger partial charge in [0.2, 0.25) is 0 Å². The first-order chi connectivity index (χ1) is 15.6. The van der Waals surface area contributed by atoms with Crippen molar-refractivity contribution in [2.45, 2.75) is 32.2 Å². The summed E-state index contributed by atoms with van der Waals surface area (Å²) in [5.74, 6) is 0.0520. The molecule has 0 aliphatic heterocycles. The molecule has 0 saturated carbocycles. The number of aliphatic imine (C=N–C) groups is 2. The van der Waals surface area contributed by atoms with Gasteiger partial charge in [-0.05, 0) is 42.9 Å². The van der Waals surface area contributed by atoms with E-state index >= 15 is 4.39 Å². The van der Waals surface area contributed by atoms with Gasteiger partial charge in [-0.1, -0.05) is 61.5 Å². The molecule has 3 N–H and O–H groups in total. The monoisotopic (exact) mass is 431 g/mol. The summed E-state index contributed by atoms with van der Waals surface area (Å²) in [4.78, 5) is 13.0. The predicted octanol–water partition coefficient (Wildman–Crippen LogP) is 5.22. The summed E-state index contributed by atoms with van der Waals surface area (Å²) in [6, 6.07) is 13.6. The fourth-order valence-corrected chi connectivity index (χ4v) is 3.61. The number of likely N-dealkylation sites (N-methyl/N-ethyl adjacent to an activating group) is 1. The summed E-state index contributed by atoms with van der Waals surface area (Å²) < 4.78 is 15.8. The molecule has 1 heterocycles. The minimum absolute atomic E-state index is 0.0576. The highest BCUT2D eigenvalue weighted by atomic mass is 19.1. The van der Waals surface area contributed by atoms with Gasteiger partial charge in [0, 0.05) is 30.8 Å². The number of hydrogen-bond donors (Lipinski definition) is 2. The van der Waals surface area contributed by atoms with Crippen LogP contribution in [0.15, 0.2) is 70.8 Å². The number of benzene rings is 2. The molecule has 0 bridgehead atoms. The number of halogens is 1. The topological polar surface area (TPSA) is 75.7 Å². The lowest BCUT2D eigenvalue weighted by Crippen LogP contribution is -2.29. The molecule has 5 nitrogen and oxygen atoms in total. The summed E-state index contributed by atoms with van der Waals surface area (Å²) in [5, 5.41) is 5.02. The third-order valence-corrected chi connectivity index (χ3v) is 5.26. The van der Waals surface area contributed by atoms with Crippen LogP contribution < -0.4 is 11.1 Å². The van der Waals surface area contributed by atoms with Crippen LogP contribution in [0, 0.1) is 5.82 Å². The first kappa shape index (κ1) is 23.4. The first-order valence-electron chi connectivity index (χ1n) is 10.9. The number of pyridine rings is 1. The van der Waals surface area contributed by atoms with E-state index in [1.807, 2.05) is 68.6 Å². The molecule has 0 amide bonds. The van der Waals surface area contributed by atoms with E-state index in [0.717, 1.165) is 21.9 Å². The summed E-state index contributed by atoms with van der Waals surface area (Å²) in [6.07, 6.45) is 7.55. The molecule has 0 aliphatic rings. The molecule has 2 aromatic carbocycles. The average molecular weight is 432 g/mol. The number of nitrogens with zero attached hydrogens (tertiary/aromatic N) is 3. The van der Waals surface area contributed by atoms with E-state index in [2.05, 4.69) is 27.0 Å². The maximum Gasteiger partial charge on any atom is 0.175 e. The van der Waals surface area contributed by atoms with Crippen LogP contribution in [-0.4, -0.2) is 37.2 Å². The fraction of sp³-hybridized carbons (Fsp3) is 0.269. The second kappa shape index (κ2) is 11.4. The lowest BCUT2D eigenvalue weighted by molar-refractivity contribution is 0.625. The Hall–Kier alpha value is -3.22. The highest BCUT2D eigenvalue weighted by Gasteiger charge is 2.18. The molecule has 0 radical (unpaired) electrons. The number of fused-ring (bicyclic) bond motifs is 1. The Morgan fingerprint density at radius 1 is 1.25 bits per heavy atom. The third-order valence-electron chi connectivity index (χ3n) is 5.26. The van der Waals surface area contributed by atoms with E-state index in [0.29, 0.717) is 31.6 Å². The van der Waals surface area contributed by atoms with Crippen molar-refractivity contribution in [3.05, 3.63) is 72.2 Å². The Bertz CT molecular complexity index is 1130.